The van der Waals surface area contributed by atoms with Gasteiger partial charge in [0.1, 0.15) is 5.65 Å². The summed E-state index contributed by atoms with van der Waals surface area (Å²) in [7, 11) is 0. The molecule has 0 spiro atoms. The number of pyridine rings is 1. The number of carbonyl (C=O) groups is 1. The molecule has 0 bridgehead atoms. The minimum Gasteiger partial charge on any atom is -0.322 e. The fraction of sp³-hybridized carbons (Fsp3) is 0.0476. The number of amides is 1. The van der Waals surface area contributed by atoms with Crippen LogP contribution in [0.1, 0.15) is 16.1 Å². The minimum absolute atomic E-state index is 0.102. The number of thioether (sulfide) groups is 1. The number of benzene rings is 2. The van der Waals surface area contributed by atoms with Crippen LogP contribution in [0.2, 0.25) is 0 Å². The van der Waals surface area contributed by atoms with Crippen LogP contribution in [0.25, 0.3) is 5.65 Å². The van der Waals surface area contributed by atoms with Gasteiger partial charge in [-0.15, -0.1) is 11.8 Å². The molecule has 0 saturated carbocycles. The Morgan fingerprint density at radius 2 is 1.93 bits per heavy atom. The molecule has 2 heterocycles. The van der Waals surface area contributed by atoms with E-state index in [1.54, 1.807) is 11.8 Å². The van der Waals surface area contributed by atoms with E-state index in [4.69, 9.17) is 0 Å². The number of rotatable bonds is 5. The van der Waals surface area contributed by atoms with Crippen LogP contribution >= 0.6 is 34.4 Å². The number of halogens is 1. The summed E-state index contributed by atoms with van der Waals surface area (Å²) in [4.78, 5) is 18.3. The first-order valence-corrected chi connectivity index (χ1v) is 10.5. The average Bonchev–Trinajstić information content (AvgIpc) is 3.09. The molecular weight excluding hydrogens is 469 g/mol. The highest BCUT2D eigenvalue weighted by Gasteiger charge is 2.12. The van der Waals surface area contributed by atoms with Gasteiger partial charge in [0.25, 0.3) is 5.91 Å². The van der Waals surface area contributed by atoms with Crippen LogP contribution in [-0.4, -0.2) is 15.3 Å². The van der Waals surface area contributed by atoms with Crippen LogP contribution in [0.4, 0.5) is 5.69 Å². The van der Waals surface area contributed by atoms with E-state index in [1.807, 2.05) is 83.5 Å². The third kappa shape index (κ3) is 4.33. The number of hydrogen-bond donors (Lipinski definition) is 1. The van der Waals surface area contributed by atoms with E-state index >= 15 is 0 Å². The Bertz CT molecular complexity index is 1080. The van der Waals surface area contributed by atoms with Crippen LogP contribution in [0.15, 0.2) is 84.0 Å². The van der Waals surface area contributed by atoms with Crippen molar-refractivity contribution in [3.05, 3.63) is 94.0 Å². The number of nitrogens with zero attached hydrogens (tertiary/aromatic N) is 2. The molecule has 0 unspecified atom stereocenters. The summed E-state index contributed by atoms with van der Waals surface area (Å²) in [5, 5.41) is 2.98. The molecule has 134 valence electrons. The van der Waals surface area contributed by atoms with Crippen molar-refractivity contribution in [2.45, 2.75) is 10.6 Å². The van der Waals surface area contributed by atoms with Crippen molar-refractivity contribution in [2.24, 2.45) is 0 Å². The van der Waals surface area contributed by atoms with Crippen LogP contribution in [-0.2, 0) is 5.75 Å². The van der Waals surface area contributed by atoms with E-state index < -0.39 is 0 Å². The molecule has 2 aromatic carbocycles. The van der Waals surface area contributed by atoms with Gasteiger partial charge >= 0.3 is 0 Å². The molecule has 0 radical (unpaired) electrons. The Balaban J connectivity index is 1.51. The molecule has 4 aromatic rings. The topological polar surface area (TPSA) is 46.4 Å². The lowest BCUT2D eigenvalue weighted by Gasteiger charge is -2.10. The highest BCUT2D eigenvalue weighted by atomic mass is 127. The van der Waals surface area contributed by atoms with Crippen LogP contribution in [0.5, 0.6) is 0 Å². The van der Waals surface area contributed by atoms with Gasteiger partial charge in [0.2, 0.25) is 0 Å². The van der Waals surface area contributed by atoms with E-state index in [9.17, 15) is 4.79 Å². The Kier molecular flexibility index (Phi) is 5.45. The number of hydrogen-bond acceptors (Lipinski definition) is 3. The Hall–Kier alpha value is -2.32. The van der Waals surface area contributed by atoms with Crippen molar-refractivity contribution >= 4 is 51.6 Å². The highest BCUT2D eigenvalue weighted by molar-refractivity contribution is 14.1. The van der Waals surface area contributed by atoms with E-state index in [0.717, 1.165) is 25.5 Å². The molecule has 0 aliphatic rings. The Morgan fingerprint density at radius 1 is 1.07 bits per heavy atom. The normalized spacial score (nSPS) is 10.9. The molecule has 0 atom stereocenters. The fourth-order valence-electron chi connectivity index (χ4n) is 2.75. The maximum absolute atomic E-state index is 12.8. The van der Waals surface area contributed by atoms with Gasteiger partial charge < -0.3 is 9.72 Å². The quantitative estimate of drug-likeness (QED) is 0.301. The monoisotopic (exact) mass is 485 g/mol. The molecule has 0 saturated heterocycles. The molecule has 0 fully saturated rings. The standard InChI is InChI=1S/C21H16IN3OS/c22-15-6-5-7-16(12-15)24-21(26)18-8-1-2-9-19(18)27-14-17-13-25-11-4-3-10-20(25)23-17/h1-13H,14H2,(H,24,26). The van der Waals surface area contributed by atoms with Crippen molar-refractivity contribution < 1.29 is 4.79 Å². The Labute approximate surface area is 175 Å². The summed E-state index contributed by atoms with van der Waals surface area (Å²) >= 11 is 3.85. The van der Waals surface area contributed by atoms with E-state index in [1.165, 1.54) is 0 Å². The SMILES string of the molecule is O=C(Nc1cccc(I)c1)c1ccccc1SCc1cn2ccccc2n1. The average molecular weight is 485 g/mol. The summed E-state index contributed by atoms with van der Waals surface area (Å²) < 4.78 is 3.09. The van der Waals surface area contributed by atoms with Gasteiger partial charge in [-0.2, -0.15) is 0 Å². The first kappa shape index (κ1) is 18.1. The number of carbonyl (C=O) groups excluding carboxylic acids is 1. The number of aromatic nitrogens is 2. The van der Waals surface area contributed by atoms with Gasteiger partial charge in [-0.25, -0.2) is 4.98 Å². The second-order valence-electron chi connectivity index (χ2n) is 5.95. The van der Waals surface area contributed by atoms with E-state index in [2.05, 4.69) is 32.9 Å². The Morgan fingerprint density at radius 3 is 2.78 bits per heavy atom. The van der Waals surface area contributed by atoms with Crippen molar-refractivity contribution in [1.29, 1.82) is 0 Å². The first-order chi connectivity index (χ1) is 13.2. The lowest BCUT2D eigenvalue weighted by molar-refractivity contribution is 0.102. The van der Waals surface area contributed by atoms with Gasteiger partial charge in [-0.05, 0) is 65.1 Å². The second-order valence-corrected chi connectivity index (χ2v) is 8.21. The predicted octanol–water partition coefficient (Wildman–Crippen LogP) is 5.48. The van der Waals surface area contributed by atoms with Gasteiger partial charge in [0, 0.05) is 32.3 Å². The molecule has 27 heavy (non-hydrogen) atoms. The number of anilines is 1. The summed E-state index contributed by atoms with van der Waals surface area (Å²) in [6.07, 6.45) is 4.01. The van der Waals surface area contributed by atoms with Gasteiger partial charge in [-0.1, -0.05) is 24.3 Å². The summed E-state index contributed by atoms with van der Waals surface area (Å²) in [6, 6.07) is 21.4. The van der Waals surface area contributed by atoms with Crippen molar-refractivity contribution in [3.63, 3.8) is 0 Å². The molecule has 4 nitrogen and oxygen atoms in total. The molecule has 1 amide bonds. The zero-order valence-corrected chi connectivity index (χ0v) is 17.3. The molecule has 4 rings (SSSR count). The summed E-state index contributed by atoms with van der Waals surface area (Å²) in [6.45, 7) is 0. The maximum atomic E-state index is 12.8. The van der Waals surface area contributed by atoms with Crippen LogP contribution in [0.3, 0.4) is 0 Å². The van der Waals surface area contributed by atoms with Crippen molar-refractivity contribution in [1.82, 2.24) is 9.38 Å². The molecule has 0 aliphatic heterocycles. The van der Waals surface area contributed by atoms with Crippen LogP contribution < -0.4 is 5.32 Å². The zero-order chi connectivity index (χ0) is 18.6. The smallest absolute Gasteiger partial charge is 0.256 e. The minimum atomic E-state index is -0.102. The molecular formula is C21H16IN3OS. The zero-order valence-electron chi connectivity index (χ0n) is 14.3. The molecule has 2 aromatic heterocycles. The summed E-state index contributed by atoms with van der Waals surface area (Å²) in [5.74, 6) is 0.602. The maximum Gasteiger partial charge on any atom is 0.256 e. The van der Waals surface area contributed by atoms with Crippen molar-refractivity contribution in [2.75, 3.05) is 5.32 Å². The van der Waals surface area contributed by atoms with Gasteiger partial charge in [0.15, 0.2) is 0 Å². The summed E-state index contributed by atoms with van der Waals surface area (Å²) in [5.41, 5.74) is 3.38. The number of fused-ring (bicyclic) bond motifs is 1. The third-order valence-corrected chi connectivity index (χ3v) is 5.78. The van der Waals surface area contributed by atoms with Crippen LogP contribution in [0, 0.1) is 3.57 Å². The molecule has 6 heteroatoms. The largest absolute Gasteiger partial charge is 0.322 e. The number of nitrogens with one attached hydrogen (secondary N) is 1. The van der Waals surface area contributed by atoms with Crippen molar-refractivity contribution in [3.8, 4) is 0 Å². The number of imidazole rings is 1. The lowest BCUT2D eigenvalue weighted by atomic mass is 10.2. The lowest BCUT2D eigenvalue weighted by Crippen LogP contribution is -2.13. The second kappa shape index (κ2) is 8.14. The predicted molar refractivity (Wildman–Crippen MR) is 118 cm³/mol. The highest BCUT2D eigenvalue weighted by Crippen LogP contribution is 2.27. The molecule has 0 aliphatic carbocycles. The van der Waals surface area contributed by atoms with E-state index in [0.29, 0.717) is 11.3 Å². The fourth-order valence-corrected chi connectivity index (χ4v) is 4.23. The first-order valence-electron chi connectivity index (χ1n) is 8.40. The van der Waals surface area contributed by atoms with Gasteiger partial charge in [-0.3, -0.25) is 4.79 Å². The molecule has 1 N–H and O–H groups in total. The van der Waals surface area contributed by atoms with E-state index in [-0.39, 0.29) is 5.91 Å². The van der Waals surface area contributed by atoms with Gasteiger partial charge in [0.05, 0.1) is 11.3 Å². The third-order valence-electron chi connectivity index (χ3n) is 4.00.